The van der Waals surface area contributed by atoms with Gasteiger partial charge in [0.15, 0.2) is 0 Å². The average molecular weight is 199 g/mol. The van der Waals surface area contributed by atoms with Crippen LogP contribution in [-0.4, -0.2) is 4.98 Å². The van der Waals surface area contributed by atoms with Gasteiger partial charge in [0, 0.05) is 11.1 Å². The van der Waals surface area contributed by atoms with Gasteiger partial charge in [-0.25, -0.2) is 0 Å². The number of hydrogen-bond acceptors (Lipinski definition) is 1. The highest BCUT2D eigenvalue weighted by atomic mass is 14.7. The lowest BCUT2D eigenvalue weighted by Gasteiger charge is -2.09. The summed E-state index contributed by atoms with van der Waals surface area (Å²) in [4.78, 5) is 4.71. The Bertz CT molecular complexity index is 472. The molecule has 0 aliphatic heterocycles. The lowest BCUT2D eigenvalue weighted by atomic mass is 10.0. The van der Waals surface area contributed by atoms with Gasteiger partial charge in [-0.05, 0) is 37.0 Å². The fourth-order valence-corrected chi connectivity index (χ4v) is 1.85. The third-order valence-corrected chi connectivity index (χ3v) is 2.62. The quantitative estimate of drug-likeness (QED) is 0.718. The van der Waals surface area contributed by atoms with Gasteiger partial charge in [-0.15, -0.1) is 0 Å². The van der Waals surface area contributed by atoms with Crippen molar-refractivity contribution in [1.82, 2.24) is 4.98 Å². The summed E-state index contributed by atoms with van der Waals surface area (Å²) in [5.74, 6) is 0.664. The molecule has 0 saturated heterocycles. The Morgan fingerprint density at radius 2 is 1.93 bits per heavy atom. The van der Waals surface area contributed by atoms with Crippen LogP contribution in [0.1, 0.15) is 25.1 Å². The molecular weight excluding hydrogens is 182 g/mol. The van der Waals surface area contributed by atoms with Gasteiger partial charge < -0.3 is 0 Å². The van der Waals surface area contributed by atoms with Crippen molar-refractivity contribution in [2.24, 2.45) is 5.92 Å². The molecule has 0 fully saturated rings. The van der Waals surface area contributed by atoms with Crippen molar-refractivity contribution in [3.05, 3.63) is 41.6 Å². The zero-order chi connectivity index (χ0) is 10.8. The highest BCUT2D eigenvalue weighted by molar-refractivity contribution is 5.79. The molecule has 0 radical (unpaired) electrons. The summed E-state index contributed by atoms with van der Waals surface area (Å²) >= 11 is 0. The monoisotopic (exact) mass is 199 g/mol. The maximum absolute atomic E-state index is 4.71. The fourth-order valence-electron chi connectivity index (χ4n) is 1.85. The summed E-state index contributed by atoms with van der Waals surface area (Å²) in [6, 6.07) is 10.5. The van der Waals surface area contributed by atoms with E-state index in [9.17, 15) is 0 Å². The Kier molecular flexibility index (Phi) is 2.72. The SMILES string of the molecule is Cc1cc2ccccc2nc1CC(C)C. The second-order valence-electron chi connectivity index (χ2n) is 4.54. The molecule has 2 aromatic rings. The van der Waals surface area contributed by atoms with E-state index in [1.807, 2.05) is 6.07 Å². The van der Waals surface area contributed by atoms with Crippen LogP contribution in [0, 0.1) is 12.8 Å². The molecule has 1 nitrogen and oxygen atoms in total. The molecule has 0 saturated carbocycles. The summed E-state index contributed by atoms with van der Waals surface area (Å²) in [5, 5.41) is 1.24. The van der Waals surface area contributed by atoms with Gasteiger partial charge in [0.25, 0.3) is 0 Å². The molecule has 0 bridgehead atoms. The van der Waals surface area contributed by atoms with Crippen molar-refractivity contribution in [2.45, 2.75) is 27.2 Å². The number of rotatable bonds is 2. The Hall–Kier alpha value is -1.37. The summed E-state index contributed by atoms with van der Waals surface area (Å²) in [7, 11) is 0. The van der Waals surface area contributed by atoms with Gasteiger partial charge in [0.2, 0.25) is 0 Å². The molecule has 1 heterocycles. The number of aromatic nitrogens is 1. The van der Waals surface area contributed by atoms with Gasteiger partial charge in [-0.3, -0.25) is 4.98 Å². The van der Waals surface area contributed by atoms with Crippen LogP contribution < -0.4 is 0 Å². The third kappa shape index (κ3) is 2.17. The zero-order valence-electron chi connectivity index (χ0n) is 9.62. The minimum absolute atomic E-state index is 0.664. The minimum atomic E-state index is 0.664. The van der Waals surface area contributed by atoms with Crippen LogP contribution in [0.5, 0.6) is 0 Å². The standard InChI is InChI=1S/C14H17N/c1-10(2)8-14-11(3)9-12-6-4-5-7-13(12)15-14/h4-7,9-10H,8H2,1-3H3. The summed E-state index contributed by atoms with van der Waals surface area (Å²) in [5.41, 5.74) is 3.66. The molecule has 78 valence electrons. The van der Waals surface area contributed by atoms with E-state index in [1.165, 1.54) is 16.6 Å². The van der Waals surface area contributed by atoms with Crippen molar-refractivity contribution in [3.8, 4) is 0 Å². The van der Waals surface area contributed by atoms with Crippen LogP contribution in [0.25, 0.3) is 10.9 Å². The van der Waals surface area contributed by atoms with Crippen LogP contribution in [0.2, 0.25) is 0 Å². The molecule has 2 rings (SSSR count). The number of para-hydroxylation sites is 1. The maximum atomic E-state index is 4.71. The second-order valence-corrected chi connectivity index (χ2v) is 4.54. The second kappa shape index (κ2) is 4.01. The number of hydrogen-bond donors (Lipinski definition) is 0. The Morgan fingerprint density at radius 3 is 2.67 bits per heavy atom. The largest absolute Gasteiger partial charge is 0.253 e. The molecule has 1 aromatic carbocycles. The molecule has 1 heteroatoms. The highest BCUT2D eigenvalue weighted by Gasteiger charge is 2.04. The van der Waals surface area contributed by atoms with Gasteiger partial charge >= 0.3 is 0 Å². The van der Waals surface area contributed by atoms with E-state index in [0.717, 1.165) is 11.9 Å². The van der Waals surface area contributed by atoms with Crippen molar-refractivity contribution in [1.29, 1.82) is 0 Å². The minimum Gasteiger partial charge on any atom is -0.253 e. The lowest BCUT2D eigenvalue weighted by Crippen LogP contribution is -2.00. The van der Waals surface area contributed by atoms with Crippen LogP contribution >= 0.6 is 0 Å². The van der Waals surface area contributed by atoms with E-state index in [4.69, 9.17) is 4.98 Å². The summed E-state index contributed by atoms with van der Waals surface area (Å²) in [6.07, 6.45) is 1.07. The van der Waals surface area contributed by atoms with E-state index >= 15 is 0 Å². The molecular formula is C14H17N. The molecule has 15 heavy (non-hydrogen) atoms. The van der Waals surface area contributed by atoms with Crippen molar-refractivity contribution >= 4 is 10.9 Å². The fraction of sp³-hybridized carbons (Fsp3) is 0.357. The number of nitrogens with zero attached hydrogens (tertiary/aromatic N) is 1. The Labute approximate surface area is 91.2 Å². The average Bonchev–Trinajstić information content (AvgIpc) is 2.18. The van der Waals surface area contributed by atoms with E-state index < -0.39 is 0 Å². The number of pyridine rings is 1. The van der Waals surface area contributed by atoms with E-state index in [2.05, 4.69) is 45.0 Å². The van der Waals surface area contributed by atoms with Crippen LogP contribution in [0.15, 0.2) is 30.3 Å². The molecule has 0 aliphatic rings. The molecule has 0 atom stereocenters. The highest BCUT2D eigenvalue weighted by Crippen LogP contribution is 2.18. The first-order valence-corrected chi connectivity index (χ1v) is 5.52. The summed E-state index contributed by atoms with van der Waals surface area (Å²) < 4.78 is 0. The normalized spacial score (nSPS) is 11.2. The van der Waals surface area contributed by atoms with Gasteiger partial charge in [-0.1, -0.05) is 32.0 Å². The number of aryl methyl sites for hydroxylation is 1. The molecule has 0 amide bonds. The summed E-state index contributed by atoms with van der Waals surface area (Å²) in [6.45, 7) is 6.61. The zero-order valence-corrected chi connectivity index (χ0v) is 9.62. The van der Waals surface area contributed by atoms with Crippen LogP contribution in [0.3, 0.4) is 0 Å². The number of fused-ring (bicyclic) bond motifs is 1. The van der Waals surface area contributed by atoms with Gasteiger partial charge in [-0.2, -0.15) is 0 Å². The molecule has 0 N–H and O–H groups in total. The van der Waals surface area contributed by atoms with Crippen molar-refractivity contribution in [3.63, 3.8) is 0 Å². The first-order chi connectivity index (χ1) is 7.16. The Balaban J connectivity index is 2.52. The van der Waals surface area contributed by atoms with E-state index in [0.29, 0.717) is 5.92 Å². The lowest BCUT2D eigenvalue weighted by molar-refractivity contribution is 0.634. The predicted octanol–water partition coefficient (Wildman–Crippen LogP) is 3.74. The predicted molar refractivity (Wildman–Crippen MR) is 65.0 cm³/mol. The topological polar surface area (TPSA) is 12.9 Å². The van der Waals surface area contributed by atoms with Crippen LogP contribution in [-0.2, 0) is 6.42 Å². The first kappa shape index (κ1) is 10.2. The van der Waals surface area contributed by atoms with Gasteiger partial charge in [0.05, 0.1) is 5.52 Å². The third-order valence-electron chi connectivity index (χ3n) is 2.62. The molecule has 0 aliphatic carbocycles. The van der Waals surface area contributed by atoms with E-state index in [-0.39, 0.29) is 0 Å². The molecule has 0 unspecified atom stereocenters. The van der Waals surface area contributed by atoms with Crippen molar-refractivity contribution in [2.75, 3.05) is 0 Å². The number of benzene rings is 1. The smallest absolute Gasteiger partial charge is 0.0705 e. The maximum Gasteiger partial charge on any atom is 0.0705 e. The van der Waals surface area contributed by atoms with Crippen molar-refractivity contribution < 1.29 is 0 Å². The molecule has 1 aromatic heterocycles. The van der Waals surface area contributed by atoms with Gasteiger partial charge in [0.1, 0.15) is 0 Å². The first-order valence-electron chi connectivity index (χ1n) is 5.52. The van der Waals surface area contributed by atoms with E-state index in [1.54, 1.807) is 0 Å². The molecule has 0 spiro atoms. The Morgan fingerprint density at radius 1 is 1.20 bits per heavy atom. The van der Waals surface area contributed by atoms with Crippen LogP contribution in [0.4, 0.5) is 0 Å².